The Kier molecular flexibility index (Phi) is 3.02. The Morgan fingerprint density at radius 2 is 1.47 bits per heavy atom. The standard InChI is InChI=1S/C16H13N3/c1-12-18-15(13-7-3-2-4-8-13)11-16(19-12)14-9-5-6-10-17-14/h2-11H,1H3. The van der Waals surface area contributed by atoms with Crippen molar-refractivity contribution < 1.29 is 0 Å². The van der Waals surface area contributed by atoms with Crippen LogP contribution in [0.25, 0.3) is 22.6 Å². The zero-order chi connectivity index (χ0) is 13.1. The summed E-state index contributed by atoms with van der Waals surface area (Å²) in [5, 5.41) is 0. The second-order valence-electron chi connectivity index (χ2n) is 4.27. The number of hydrogen-bond acceptors (Lipinski definition) is 3. The number of aryl methyl sites for hydroxylation is 1. The van der Waals surface area contributed by atoms with Crippen LogP contribution < -0.4 is 0 Å². The fourth-order valence-electron chi connectivity index (χ4n) is 1.97. The summed E-state index contributed by atoms with van der Waals surface area (Å²) >= 11 is 0. The van der Waals surface area contributed by atoms with Gasteiger partial charge in [0.2, 0.25) is 0 Å². The Morgan fingerprint density at radius 1 is 0.737 bits per heavy atom. The maximum Gasteiger partial charge on any atom is 0.126 e. The highest BCUT2D eigenvalue weighted by atomic mass is 14.9. The van der Waals surface area contributed by atoms with Crippen LogP contribution in [0.2, 0.25) is 0 Å². The predicted molar refractivity (Wildman–Crippen MR) is 75.4 cm³/mol. The average Bonchev–Trinajstić information content (AvgIpc) is 2.48. The van der Waals surface area contributed by atoms with Crippen LogP contribution in [0, 0.1) is 6.92 Å². The first kappa shape index (κ1) is 11.5. The number of rotatable bonds is 2. The van der Waals surface area contributed by atoms with Crippen LogP contribution in [0.5, 0.6) is 0 Å². The number of pyridine rings is 1. The van der Waals surface area contributed by atoms with Crippen molar-refractivity contribution in [1.29, 1.82) is 0 Å². The molecule has 0 aliphatic heterocycles. The van der Waals surface area contributed by atoms with Crippen LogP contribution >= 0.6 is 0 Å². The van der Waals surface area contributed by atoms with E-state index >= 15 is 0 Å². The molecule has 0 radical (unpaired) electrons. The molecule has 0 N–H and O–H groups in total. The summed E-state index contributed by atoms with van der Waals surface area (Å²) in [4.78, 5) is 13.3. The second-order valence-corrected chi connectivity index (χ2v) is 4.27. The summed E-state index contributed by atoms with van der Waals surface area (Å²) < 4.78 is 0. The van der Waals surface area contributed by atoms with E-state index in [1.807, 2.05) is 61.5 Å². The van der Waals surface area contributed by atoms with Gasteiger partial charge in [0.15, 0.2) is 0 Å². The SMILES string of the molecule is Cc1nc(-c2ccccc2)cc(-c2ccccn2)n1. The third-order valence-corrected chi connectivity index (χ3v) is 2.83. The van der Waals surface area contributed by atoms with Crippen molar-refractivity contribution >= 4 is 0 Å². The van der Waals surface area contributed by atoms with Crippen LogP contribution in [0.4, 0.5) is 0 Å². The van der Waals surface area contributed by atoms with Gasteiger partial charge in [-0.15, -0.1) is 0 Å². The molecule has 19 heavy (non-hydrogen) atoms. The smallest absolute Gasteiger partial charge is 0.126 e. The van der Waals surface area contributed by atoms with Gasteiger partial charge in [-0.25, -0.2) is 9.97 Å². The van der Waals surface area contributed by atoms with Crippen molar-refractivity contribution in [3.63, 3.8) is 0 Å². The molecule has 3 rings (SSSR count). The van der Waals surface area contributed by atoms with Gasteiger partial charge in [-0.2, -0.15) is 0 Å². The molecular formula is C16H13N3. The Bertz CT molecular complexity index is 621. The molecule has 2 heterocycles. The van der Waals surface area contributed by atoms with Crippen molar-refractivity contribution in [3.8, 4) is 22.6 Å². The summed E-state index contributed by atoms with van der Waals surface area (Å²) in [5.74, 6) is 0.752. The van der Waals surface area contributed by atoms with E-state index in [0.29, 0.717) is 0 Å². The average molecular weight is 247 g/mol. The molecule has 3 nitrogen and oxygen atoms in total. The molecular weight excluding hydrogens is 234 g/mol. The first-order valence-corrected chi connectivity index (χ1v) is 6.15. The van der Waals surface area contributed by atoms with Crippen molar-refractivity contribution in [2.24, 2.45) is 0 Å². The number of aromatic nitrogens is 3. The zero-order valence-electron chi connectivity index (χ0n) is 10.6. The maximum absolute atomic E-state index is 4.49. The molecule has 0 aliphatic rings. The van der Waals surface area contributed by atoms with E-state index in [4.69, 9.17) is 0 Å². The van der Waals surface area contributed by atoms with Gasteiger partial charge in [-0.3, -0.25) is 4.98 Å². The zero-order valence-corrected chi connectivity index (χ0v) is 10.6. The lowest BCUT2D eigenvalue weighted by molar-refractivity contribution is 1.05. The van der Waals surface area contributed by atoms with Crippen molar-refractivity contribution in [2.45, 2.75) is 6.92 Å². The van der Waals surface area contributed by atoms with Crippen LogP contribution in [-0.2, 0) is 0 Å². The van der Waals surface area contributed by atoms with Gasteiger partial charge >= 0.3 is 0 Å². The van der Waals surface area contributed by atoms with Crippen LogP contribution in [0.3, 0.4) is 0 Å². The fourth-order valence-corrected chi connectivity index (χ4v) is 1.97. The van der Waals surface area contributed by atoms with Gasteiger partial charge in [0.25, 0.3) is 0 Å². The van der Waals surface area contributed by atoms with Crippen LogP contribution in [0.1, 0.15) is 5.82 Å². The number of nitrogens with zero attached hydrogens (tertiary/aromatic N) is 3. The first-order chi connectivity index (χ1) is 9.33. The lowest BCUT2D eigenvalue weighted by atomic mass is 10.1. The molecule has 0 saturated carbocycles. The summed E-state index contributed by atoms with van der Waals surface area (Å²) in [5.41, 5.74) is 3.73. The molecule has 3 aromatic rings. The molecule has 0 spiro atoms. The Hall–Kier alpha value is -2.55. The monoisotopic (exact) mass is 247 g/mol. The topological polar surface area (TPSA) is 38.7 Å². The second kappa shape index (κ2) is 4.98. The highest BCUT2D eigenvalue weighted by Gasteiger charge is 2.06. The molecule has 0 atom stereocenters. The molecule has 92 valence electrons. The predicted octanol–water partition coefficient (Wildman–Crippen LogP) is 3.51. The van der Waals surface area contributed by atoms with Crippen molar-refractivity contribution in [3.05, 3.63) is 66.6 Å². The number of benzene rings is 1. The summed E-state index contributed by atoms with van der Waals surface area (Å²) in [6, 6.07) is 17.9. The molecule has 2 aromatic heterocycles. The summed E-state index contributed by atoms with van der Waals surface area (Å²) in [6.07, 6.45) is 1.77. The Balaban J connectivity index is 2.12. The minimum absolute atomic E-state index is 0.752. The van der Waals surface area contributed by atoms with E-state index in [2.05, 4.69) is 15.0 Å². The van der Waals surface area contributed by atoms with Gasteiger partial charge < -0.3 is 0 Å². The van der Waals surface area contributed by atoms with Crippen LogP contribution in [-0.4, -0.2) is 15.0 Å². The van der Waals surface area contributed by atoms with E-state index in [-0.39, 0.29) is 0 Å². The quantitative estimate of drug-likeness (QED) is 0.695. The lowest BCUT2D eigenvalue weighted by Gasteiger charge is -2.05. The van der Waals surface area contributed by atoms with Crippen molar-refractivity contribution in [1.82, 2.24) is 15.0 Å². The van der Waals surface area contributed by atoms with Gasteiger partial charge in [-0.1, -0.05) is 36.4 Å². The van der Waals surface area contributed by atoms with Gasteiger partial charge in [0.05, 0.1) is 17.1 Å². The molecule has 0 aliphatic carbocycles. The van der Waals surface area contributed by atoms with E-state index in [1.54, 1.807) is 6.20 Å². The minimum Gasteiger partial charge on any atom is -0.255 e. The Morgan fingerprint density at radius 3 is 2.21 bits per heavy atom. The lowest BCUT2D eigenvalue weighted by Crippen LogP contribution is -1.95. The van der Waals surface area contributed by atoms with Gasteiger partial charge in [0, 0.05) is 11.8 Å². The molecule has 0 bridgehead atoms. The van der Waals surface area contributed by atoms with Crippen LogP contribution in [0.15, 0.2) is 60.8 Å². The third kappa shape index (κ3) is 2.50. The van der Waals surface area contributed by atoms with Gasteiger partial charge in [-0.05, 0) is 25.1 Å². The summed E-state index contributed by atoms with van der Waals surface area (Å²) in [6.45, 7) is 1.90. The summed E-state index contributed by atoms with van der Waals surface area (Å²) in [7, 11) is 0. The van der Waals surface area contributed by atoms with Crippen molar-refractivity contribution in [2.75, 3.05) is 0 Å². The highest BCUT2D eigenvalue weighted by molar-refractivity contribution is 5.65. The van der Waals surface area contributed by atoms with E-state index in [9.17, 15) is 0 Å². The molecule has 1 aromatic carbocycles. The fraction of sp³-hybridized carbons (Fsp3) is 0.0625. The maximum atomic E-state index is 4.49. The normalized spacial score (nSPS) is 10.4. The highest BCUT2D eigenvalue weighted by Crippen LogP contribution is 2.22. The molecule has 0 saturated heterocycles. The van der Waals surface area contributed by atoms with E-state index in [1.165, 1.54) is 0 Å². The Labute approximate surface area is 112 Å². The first-order valence-electron chi connectivity index (χ1n) is 6.15. The largest absolute Gasteiger partial charge is 0.255 e. The third-order valence-electron chi connectivity index (χ3n) is 2.83. The molecule has 3 heteroatoms. The molecule has 0 unspecified atom stereocenters. The van der Waals surface area contributed by atoms with E-state index < -0.39 is 0 Å². The van der Waals surface area contributed by atoms with E-state index in [0.717, 1.165) is 28.5 Å². The molecule has 0 fully saturated rings. The van der Waals surface area contributed by atoms with Gasteiger partial charge in [0.1, 0.15) is 5.82 Å². The number of hydrogen-bond donors (Lipinski definition) is 0. The molecule has 0 amide bonds. The minimum atomic E-state index is 0.752.